The zero-order valence-electron chi connectivity index (χ0n) is 12.8. The van der Waals surface area contributed by atoms with Gasteiger partial charge in [0.05, 0.1) is 19.8 Å². The van der Waals surface area contributed by atoms with Crippen molar-refractivity contribution in [1.82, 2.24) is 15.5 Å². The van der Waals surface area contributed by atoms with Gasteiger partial charge < -0.3 is 20.1 Å². The summed E-state index contributed by atoms with van der Waals surface area (Å²) in [7, 11) is 3.34. The van der Waals surface area contributed by atoms with Gasteiger partial charge in [0.2, 0.25) is 5.91 Å². The normalized spacial score (nSPS) is 20.0. The molecule has 1 aliphatic rings. The molecule has 1 saturated heterocycles. The number of amides is 1. The van der Waals surface area contributed by atoms with E-state index < -0.39 is 0 Å². The first-order valence-electron chi connectivity index (χ1n) is 7.47. The quantitative estimate of drug-likeness (QED) is 0.547. The number of carbonyl (C=O) groups excluding carboxylic acids is 1. The Kier molecular flexibility index (Phi) is 9.57. The Bertz CT molecular complexity index is 264. The summed E-state index contributed by atoms with van der Waals surface area (Å²) in [5.74, 6) is 0.0887. The van der Waals surface area contributed by atoms with E-state index in [1.54, 1.807) is 14.2 Å². The van der Waals surface area contributed by atoms with E-state index in [1.807, 2.05) is 0 Å². The van der Waals surface area contributed by atoms with Crippen LogP contribution in [0.1, 0.15) is 19.3 Å². The Hall–Kier alpha value is -0.690. The van der Waals surface area contributed by atoms with Crippen molar-refractivity contribution in [1.29, 1.82) is 0 Å². The van der Waals surface area contributed by atoms with Gasteiger partial charge >= 0.3 is 0 Å². The summed E-state index contributed by atoms with van der Waals surface area (Å²) in [6.07, 6.45) is 3.59. The summed E-state index contributed by atoms with van der Waals surface area (Å²) in [6, 6.07) is 0.453. The van der Waals surface area contributed by atoms with E-state index in [1.165, 1.54) is 12.8 Å². The fourth-order valence-electron chi connectivity index (χ4n) is 2.48. The Labute approximate surface area is 122 Å². The number of carbonyl (C=O) groups is 1. The van der Waals surface area contributed by atoms with Crippen molar-refractivity contribution in [2.45, 2.75) is 25.3 Å². The second kappa shape index (κ2) is 11.0. The van der Waals surface area contributed by atoms with Crippen LogP contribution in [0.4, 0.5) is 0 Å². The number of piperidine rings is 1. The molecule has 0 aromatic carbocycles. The largest absolute Gasteiger partial charge is 0.383 e. The molecule has 1 aliphatic heterocycles. The van der Waals surface area contributed by atoms with Crippen molar-refractivity contribution in [3.63, 3.8) is 0 Å². The minimum Gasteiger partial charge on any atom is -0.383 e. The number of rotatable bonds is 10. The van der Waals surface area contributed by atoms with Crippen molar-refractivity contribution in [3.05, 3.63) is 0 Å². The molecule has 6 nitrogen and oxygen atoms in total. The van der Waals surface area contributed by atoms with Crippen LogP contribution < -0.4 is 10.6 Å². The third-order valence-electron chi connectivity index (χ3n) is 3.59. The van der Waals surface area contributed by atoms with Gasteiger partial charge in [0.1, 0.15) is 0 Å². The van der Waals surface area contributed by atoms with Crippen LogP contribution in [0, 0.1) is 0 Å². The van der Waals surface area contributed by atoms with Gasteiger partial charge in [-0.15, -0.1) is 0 Å². The highest BCUT2D eigenvalue weighted by Gasteiger charge is 2.23. The molecule has 0 aliphatic carbocycles. The summed E-state index contributed by atoms with van der Waals surface area (Å²) >= 11 is 0. The predicted molar refractivity (Wildman–Crippen MR) is 78.8 cm³/mol. The average molecular weight is 287 g/mol. The summed E-state index contributed by atoms with van der Waals surface area (Å²) < 4.78 is 9.95. The molecule has 1 unspecified atom stereocenters. The molecule has 0 aromatic rings. The van der Waals surface area contributed by atoms with Crippen molar-refractivity contribution >= 4 is 5.91 Å². The molecule has 0 aromatic heterocycles. The van der Waals surface area contributed by atoms with Crippen molar-refractivity contribution < 1.29 is 14.3 Å². The molecule has 0 saturated carbocycles. The fourth-order valence-corrected chi connectivity index (χ4v) is 2.48. The molecule has 1 atom stereocenters. The minimum atomic E-state index is 0.0887. The smallest absolute Gasteiger partial charge is 0.234 e. The standard InChI is InChI=1S/C14H29N3O3/c1-19-9-6-15-11-13-5-3-4-8-17(13)12-14(18)16-7-10-20-2/h13,15H,3-12H2,1-2H3,(H,16,18). The number of hydrogen-bond acceptors (Lipinski definition) is 5. The van der Waals surface area contributed by atoms with E-state index in [4.69, 9.17) is 9.47 Å². The molecule has 0 bridgehead atoms. The van der Waals surface area contributed by atoms with E-state index in [0.29, 0.717) is 25.7 Å². The third kappa shape index (κ3) is 7.19. The number of nitrogens with zero attached hydrogens (tertiary/aromatic N) is 1. The maximum atomic E-state index is 11.9. The molecule has 1 rings (SSSR count). The fraction of sp³-hybridized carbons (Fsp3) is 0.929. The maximum absolute atomic E-state index is 11.9. The van der Waals surface area contributed by atoms with Crippen molar-refractivity contribution in [2.24, 2.45) is 0 Å². The van der Waals surface area contributed by atoms with Crippen molar-refractivity contribution in [3.8, 4) is 0 Å². The second-order valence-electron chi connectivity index (χ2n) is 5.16. The molecular weight excluding hydrogens is 258 g/mol. The molecule has 0 radical (unpaired) electrons. The minimum absolute atomic E-state index is 0.0887. The van der Waals surface area contributed by atoms with E-state index >= 15 is 0 Å². The van der Waals surface area contributed by atoms with Crippen LogP contribution in [0.3, 0.4) is 0 Å². The predicted octanol–water partition coefficient (Wildman–Crippen LogP) is -0.160. The first-order chi connectivity index (χ1) is 9.77. The Balaban J connectivity index is 2.26. The highest BCUT2D eigenvalue weighted by atomic mass is 16.5. The topological polar surface area (TPSA) is 62.8 Å². The van der Waals surface area contributed by atoms with Gasteiger partial charge in [0, 0.05) is 39.9 Å². The lowest BCUT2D eigenvalue weighted by atomic mass is 10.0. The number of likely N-dealkylation sites (tertiary alicyclic amines) is 1. The van der Waals surface area contributed by atoms with E-state index in [-0.39, 0.29) is 5.91 Å². The lowest BCUT2D eigenvalue weighted by Crippen LogP contribution is -2.50. The van der Waals surface area contributed by atoms with Gasteiger partial charge in [0.25, 0.3) is 0 Å². The SMILES string of the molecule is COCCNCC1CCCCN1CC(=O)NCCOC. The van der Waals surface area contributed by atoms with Crippen LogP contribution in [0.15, 0.2) is 0 Å². The Morgan fingerprint density at radius 3 is 2.70 bits per heavy atom. The number of nitrogens with one attached hydrogen (secondary N) is 2. The third-order valence-corrected chi connectivity index (χ3v) is 3.59. The summed E-state index contributed by atoms with van der Waals surface area (Å²) in [6.45, 7) is 5.15. The lowest BCUT2D eigenvalue weighted by Gasteiger charge is -2.35. The van der Waals surface area contributed by atoms with Gasteiger partial charge in [-0.1, -0.05) is 6.42 Å². The molecule has 0 spiro atoms. The summed E-state index contributed by atoms with van der Waals surface area (Å²) in [5, 5.41) is 6.27. The molecular formula is C14H29N3O3. The first-order valence-corrected chi connectivity index (χ1v) is 7.47. The molecule has 118 valence electrons. The van der Waals surface area contributed by atoms with E-state index in [0.717, 1.165) is 32.7 Å². The average Bonchev–Trinajstić information content (AvgIpc) is 2.45. The summed E-state index contributed by atoms with van der Waals surface area (Å²) in [4.78, 5) is 14.1. The molecule has 1 heterocycles. The number of methoxy groups -OCH3 is 2. The molecule has 2 N–H and O–H groups in total. The van der Waals surface area contributed by atoms with Gasteiger partial charge in [-0.05, 0) is 19.4 Å². The Morgan fingerprint density at radius 2 is 1.95 bits per heavy atom. The summed E-state index contributed by atoms with van der Waals surface area (Å²) in [5.41, 5.74) is 0. The zero-order chi connectivity index (χ0) is 14.6. The van der Waals surface area contributed by atoms with Gasteiger partial charge in [-0.2, -0.15) is 0 Å². The maximum Gasteiger partial charge on any atom is 0.234 e. The molecule has 20 heavy (non-hydrogen) atoms. The number of ether oxygens (including phenoxy) is 2. The highest BCUT2D eigenvalue weighted by molar-refractivity contribution is 5.78. The lowest BCUT2D eigenvalue weighted by molar-refractivity contribution is -0.123. The van der Waals surface area contributed by atoms with Crippen LogP contribution in [0.25, 0.3) is 0 Å². The van der Waals surface area contributed by atoms with Crippen molar-refractivity contribution in [2.75, 3.05) is 60.2 Å². The van der Waals surface area contributed by atoms with Crippen LogP contribution in [0.2, 0.25) is 0 Å². The Morgan fingerprint density at radius 1 is 1.20 bits per heavy atom. The molecule has 6 heteroatoms. The second-order valence-corrected chi connectivity index (χ2v) is 5.16. The van der Waals surface area contributed by atoms with Gasteiger partial charge in [-0.3, -0.25) is 9.69 Å². The zero-order valence-corrected chi connectivity index (χ0v) is 12.8. The van der Waals surface area contributed by atoms with Crippen LogP contribution in [-0.2, 0) is 14.3 Å². The van der Waals surface area contributed by atoms with Crippen LogP contribution >= 0.6 is 0 Å². The first kappa shape index (κ1) is 17.4. The monoisotopic (exact) mass is 287 g/mol. The van der Waals surface area contributed by atoms with Crippen LogP contribution in [0.5, 0.6) is 0 Å². The number of hydrogen-bond donors (Lipinski definition) is 2. The van der Waals surface area contributed by atoms with Gasteiger partial charge in [0.15, 0.2) is 0 Å². The van der Waals surface area contributed by atoms with E-state index in [9.17, 15) is 4.79 Å². The van der Waals surface area contributed by atoms with Crippen LogP contribution in [-0.4, -0.2) is 77.0 Å². The van der Waals surface area contributed by atoms with E-state index in [2.05, 4.69) is 15.5 Å². The molecule has 1 fully saturated rings. The van der Waals surface area contributed by atoms with Gasteiger partial charge in [-0.25, -0.2) is 0 Å². The molecule has 1 amide bonds. The highest BCUT2D eigenvalue weighted by Crippen LogP contribution is 2.15.